The zero-order chi connectivity index (χ0) is 21.0. The zero-order valence-electron chi connectivity index (χ0n) is 16.3. The largest absolute Gasteiger partial charge is 0.416 e. The highest BCUT2D eigenvalue weighted by Crippen LogP contribution is 2.36. The quantitative estimate of drug-likeness (QED) is 0.745. The van der Waals surface area contributed by atoms with Gasteiger partial charge in [-0.2, -0.15) is 13.2 Å². The average Bonchev–Trinajstić information content (AvgIpc) is 2.68. The molecule has 1 aliphatic heterocycles. The summed E-state index contributed by atoms with van der Waals surface area (Å²) < 4.78 is 39.4. The fourth-order valence-electron chi connectivity index (χ4n) is 3.31. The van der Waals surface area contributed by atoms with E-state index in [1.54, 1.807) is 0 Å². The van der Waals surface area contributed by atoms with E-state index in [-0.39, 0.29) is 11.3 Å². The Morgan fingerprint density at radius 2 is 1.72 bits per heavy atom. The molecule has 1 heterocycles. The number of nitrogens with one attached hydrogen (secondary N) is 1. The van der Waals surface area contributed by atoms with Crippen LogP contribution in [0.4, 0.5) is 24.5 Å². The molecule has 1 fully saturated rings. The fourth-order valence-corrected chi connectivity index (χ4v) is 3.31. The smallest absolute Gasteiger partial charge is 0.367 e. The molecular weight excluding hydrogens is 379 g/mol. The average molecular weight is 403 g/mol. The molecule has 0 saturated carbocycles. The monoisotopic (exact) mass is 403 g/mol. The van der Waals surface area contributed by atoms with E-state index in [0.29, 0.717) is 18.8 Å². The topological polar surface area (TPSA) is 35.6 Å². The lowest BCUT2D eigenvalue weighted by atomic mass is 10.1. The summed E-state index contributed by atoms with van der Waals surface area (Å²) in [4.78, 5) is 16.4. The molecule has 0 bridgehead atoms. The molecule has 0 unspecified atom stereocenters. The number of carbonyl (C=O) groups excluding carboxylic acids is 1. The van der Waals surface area contributed by atoms with Gasteiger partial charge < -0.3 is 10.2 Å². The molecule has 0 radical (unpaired) electrons. The zero-order valence-corrected chi connectivity index (χ0v) is 16.3. The SMILES string of the molecule is C=C(C)C(=O)Nc1cc(C(F)(F)F)ccc1N1CCN(Cc2ccccc2)CC1. The van der Waals surface area contributed by atoms with Crippen LogP contribution < -0.4 is 10.2 Å². The minimum Gasteiger partial charge on any atom is -0.367 e. The summed E-state index contributed by atoms with van der Waals surface area (Å²) >= 11 is 0. The van der Waals surface area contributed by atoms with Crippen molar-refractivity contribution in [2.24, 2.45) is 0 Å². The van der Waals surface area contributed by atoms with Gasteiger partial charge in [0.25, 0.3) is 5.91 Å². The van der Waals surface area contributed by atoms with E-state index in [1.165, 1.54) is 18.6 Å². The summed E-state index contributed by atoms with van der Waals surface area (Å²) in [5, 5.41) is 2.58. The van der Waals surface area contributed by atoms with Crippen molar-refractivity contribution in [1.82, 2.24) is 4.90 Å². The van der Waals surface area contributed by atoms with Crippen LogP contribution in [0.2, 0.25) is 0 Å². The molecule has 2 aromatic rings. The number of amides is 1. The Hall–Kier alpha value is -2.80. The minimum atomic E-state index is -4.48. The molecule has 0 aromatic heterocycles. The van der Waals surface area contributed by atoms with Crippen LogP contribution in [-0.2, 0) is 17.5 Å². The third-order valence-corrected chi connectivity index (χ3v) is 4.92. The lowest BCUT2D eigenvalue weighted by Gasteiger charge is -2.37. The van der Waals surface area contributed by atoms with Gasteiger partial charge in [0.15, 0.2) is 0 Å². The van der Waals surface area contributed by atoms with Crippen LogP contribution >= 0.6 is 0 Å². The molecule has 29 heavy (non-hydrogen) atoms. The molecule has 0 aliphatic carbocycles. The van der Waals surface area contributed by atoms with Gasteiger partial charge >= 0.3 is 6.18 Å². The van der Waals surface area contributed by atoms with Crippen LogP contribution in [0.15, 0.2) is 60.7 Å². The maximum absolute atomic E-state index is 13.1. The van der Waals surface area contributed by atoms with Crippen LogP contribution in [-0.4, -0.2) is 37.0 Å². The van der Waals surface area contributed by atoms with Gasteiger partial charge in [-0.1, -0.05) is 36.9 Å². The standard InChI is InChI=1S/C22H24F3N3O/c1-16(2)21(29)26-19-14-18(22(23,24)25)8-9-20(19)28-12-10-27(11-13-28)15-17-6-4-3-5-7-17/h3-9,14H,1,10-13,15H2,2H3,(H,26,29). The van der Waals surface area contributed by atoms with Gasteiger partial charge in [-0.15, -0.1) is 0 Å². The van der Waals surface area contributed by atoms with Crippen molar-refractivity contribution in [3.8, 4) is 0 Å². The van der Waals surface area contributed by atoms with E-state index in [1.807, 2.05) is 23.1 Å². The molecule has 1 N–H and O–H groups in total. The lowest BCUT2D eigenvalue weighted by Crippen LogP contribution is -2.46. The number of benzene rings is 2. The molecule has 2 aromatic carbocycles. The Morgan fingerprint density at radius 3 is 2.31 bits per heavy atom. The number of hydrogen-bond acceptors (Lipinski definition) is 3. The van der Waals surface area contributed by atoms with Gasteiger partial charge in [-0.25, -0.2) is 0 Å². The minimum absolute atomic E-state index is 0.157. The second kappa shape index (κ2) is 8.69. The normalized spacial score (nSPS) is 15.2. The van der Waals surface area contributed by atoms with E-state index < -0.39 is 17.6 Å². The summed E-state index contributed by atoms with van der Waals surface area (Å²) in [6, 6.07) is 13.6. The summed E-state index contributed by atoms with van der Waals surface area (Å²) in [5.74, 6) is -0.492. The second-order valence-electron chi connectivity index (χ2n) is 7.21. The first kappa shape index (κ1) is 20.9. The Labute approximate surface area is 168 Å². The van der Waals surface area contributed by atoms with E-state index >= 15 is 0 Å². The van der Waals surface area contributed by atoms with Crippen LogP contribution in [0.3, 0.4) is 0 Å². The van der Waals surface area contributed by atoms with Crippen molar-refractivity contribution in [2.75, 3.05) is 36.4 Å². The molecule has 1 saturated heterocycles. The number of nitrogens with zero attached hydrogens (tertiary/aromatic N) is 2. The van der Waals surface area contributed by atoms with Gasteiger partial charge in [0.2, 0.25) is 0 Å². The van der Waals surface area contributed by atoms with Gasteiger partial charge in [-0.3, -0.25) is 9.69 Å². The lowest BCUT2D eigenvalue weighted by molar-refractivity contribution is -0.137. The van der Waals surface area contributed by atoms with Crippen LogP contribution in [0.1, 0.15) is 18.1 Å². The van der Waals surface area contributed by atoms with Gasteiger partial charge in [-0.05, 0) is 30.7 Å². The summed E-state index contributed by atoms with van der Waals surface area (Å²) in [7, 11) is 0. The van der Waals surface area contributed by atoms with Crippen molar-refractivity contribution >= 4 is 17.3 Å². The Balaban J connectivity index is 1.75. The highest BCUT2D eigenvalue weighted by Gasteiger charge is 2.32. The second-order valence-corrected chi connectivity index (χ2v) is 7.21. The Kier molecular flexibility index (Phi) is 6.27. The van der Waals surface area contributed by atoms with E-state index in [9.17, 15) is 18.0 Å². The van der Waals surface area contributed by atoms with Gasteiger partial charge in [0.1, 0.15) is 0 Å². The number of rotatable bonds is 5. The molecule has 0 spiro atoms. The first-order chi connectivity index (χ1) is 13.7. The predicted molar refractivity (Wildman–Crippen MR) is 109 cm³/mol. The molecule has 154 valence electrons. The van der Waals surface area contributed by atoms with Crippen molar-refractivity contribution in [1.29, 1.82) is 0 Å². The van der Waals surface area contributed by atoms with Crippen LogP contribution in [0, 0.1) is 0 Å². The fraction of sp³-hybridized carbons (Fsp3) is 0.318. The number of halogens is 3. The summed E-state index contributed by atoms with van der Waals surface area (Å²) in [5.41, 5.74) is 1.42. The van der Waals surface area contributed by atoms with Gasteiger partial charge in [0.05, 0.1) is 16.9 Å². The highest BCUT2D eigenvalue weighted by molar-refractivity contribution is 6.04. The molecule has 3 rings (SSSR count). The first-order valence-corrected chi connectivity index (χ1v) is 9.43. The summed E-state index contributed by atoms with van der Waals surface area (Å²) in [6.07, 6.45) is -4.48. The maximum atomic E-state index is 13.1. The van der Waals surface area contributed by atoms with Crippen LogP contribution in [0.5, 0.6) is 0 Å². The number of anilines is 2. The summed E-state index contributed by atoms with van der Waals surface area (Å²) in [6.45, 7) is 8.80. The predicted octanol–water partition coefficient (Wildman–Crippen LogP) is 4.54. The first-order valence-electron chi connectivity index (χ1n) is 9.43. The molecule has 1 amide bonds. The molecule has 0 atom stereocenters. The Morgan fingerprint density at radius 1 is 1.07 bits per heavy atom. The number of piperazine rings is 1. The van der Waals surface area contributed by atoms with E-state index in [2.05, 4.69) is 28.9 Å². The van der Waals surface area contributed by atoms with Crippen LogP contribution in [0.25, 0.3) is 0 Å². The third kappa shape index (κ3) is 5.38. The number of alkyl halides is 3. The van der Waals surface area contributed by atoms with Crippen molar-refractivity contribution in [3.63, 3.8) is 0 Å². The maximum Gasteiger partial charge on any atom is 0.416 e. The number of carbonyl (C=O) groups is 1. The third-order valence-electron chi connectivity index (χ3n) is 4.92. The molecule has 4 nitrogen and oxygen atoms in total. The van der Waals surface area contributed by atoms with Gasteiger partial charge in [0, 0.05) is 38.3 Å². The molecule has 7 heteroatoms. The van der Waals surface area contributed by atoms with E-state index in [4.69, 9.17) is 0 Å². The molecule has 1 aliphatic rings. The Bertz CT molecular complexity index is 873. The van der Waals surface area contributed by atoms with Crippen molar-refractivity contribution in [2.45, 2.75) is 19.6 Å². The van der Waals surface area contributed by atoms with Crippen molar-refractivity contribution < 1.29 is 18.0 Å². The molecular formula is C22H24F3N3O. The van der Waals surface area contributed by atoms with Crippen molar-refractivity contribution in [3.05, 3.63) is 71.8 Å². The highest BCUT2D eigenvalue weighted by atomic mass is 19.4. The number of hydrogen-bond donors (Lipinski definition) is 1. The van der Waals surface area contributed by atoms with E-state index in [0.717, 1.165) is 31.8 Å².